The maximum absolute atomic E-state index is 13.2. The van der Waals surface area contributed by atoms with Crippen molar-refractivity contribution in [2.75, 3.05) is 56.8 Å². The number of morpholine rings is 1. The Labute approximate surface area is 195 Å². The van der Waals surface area contributed by atoms with E-state index in [1.165, 1.54) is 19.4 Å². The third-order valence-corrected chi connectivity index (χ3v) is 4.91. The number of nitrogens with one attached hydrogen (secondary N) is 1. The van der Waals surface area contributed by atoms with Crippen molar-refractivity contribution in [2.24, 2.45) is 5.16 Å². The minimum atomic E-state index is -4.54. The van der Waals surface area contributed by atoms with Crippen molar-refractivity contribution in [1.82, 2.24) is 0 Å². The van der Waals surface area contributed by atoms with Crippen LogP contribution in [-0.2, 0) is 20.5 Å². The van der Waals surface area contributed by atoms with Crippen molar-refractivity contribution in [1.29, 1.82) is 0 Å². The molecule has 0 spiro atoms. The normalized spacial score (nSPS) is 14.2. The van der Waals surface area contributed by atoms with E-state index >= 15 is 0 Å². The van der Waals surface area contributed by atoms with Gasteiger partial charge >= 0.3 is 6.18 Å². The highest BCUT2D eigenvalue weighted by atomic mass is 19.4. The Kier molecular flexibility index (Phi) is 8.58. The second kappa shape index (κ2) is 11.6. The van der Waals surface area contributed by atoms with Gasteiger partial charge < -0.3 is 29.3 Å². The predicted molar refractivity (Wildman–Crippen MR) is 121 cm³/mol. The number of nitrogens with zero attached hydrogens (tertiary/aromatic N) is 2. The molecule has 1 aliphatic rings. The fraction of sp³-hybridized carbons (Fsp3) is 0.391. The SMILES string of the molecule is CCOc1ccc(/C=N/OCC(=O)Nc2cc(C(F)(F)F)ccc2N2CCOCC2)cc1OC. The molecule has 0 aliphatic carbocycles. The number of amides is 1. The number of anilines is 2. The minimum absolute atomic E-state index is 0.0468. The fourth-order valence-corrected chi connectivity index (χ4v) is 3.31. The molecule has 11 heteroatoms. The number of alkyl halides is 3. The van der Waals surface area contributed by atoms with Crippen LogP contribution in [0.5, 0.6) is 11.5 Å². The Morgan fingerprint density at radius 3 is 2.62 bits per heavy atom. The standard InChI is InChI=1S/C23H26F3N3O5/c1-3-33-20-7-4-16(12-21(20)31-2)14-27-34-15-22(30)28-18-13-17(23(24,25)26)5-6-19(18)29-8-10-32-11-9-29/h4-7,12-14H,3,8-11,15H2,1-2H3,(H,28,30)/b27-14+. The zero-order valence-electron chi connectivity index (χ0n) is 18.9. The molecule has 2 aromatic carbocycles. The predicted octanol–water partition coefficient (Wildman–Crippen LogP) is 3.94. The lowest BCUT2D eigenvalue weighted by molar-refractivity contribution is -0.137. The Balaban J connectivity index is 1.64. The first-order chi connectivity index (χ1) is 16.3. The highest BCUT2D eigenvalue weighted by Gasteiger charge is 2.32. The van der Waals surface area contributed by atoms with E-state index in [1.807, 2.05) is 11.8 Å². The summed E-state index contributed by atoms with van der Waals surface area (Å²) >= 11 is 0. The number of carbonyl (C=O) groups excluding carboxylic acids is 1. The van der Waals surface area contributed by atoms with Crippen LogP contribution in [0.25, 0.3) is 0 Å². The first kappa shape index (κ1) is 25.2. The third kappa shape index (κ3) is 6.77. The zero-order valence-corrected chi connectivity index (χ0v) is 18.9. The summed E-state index contributed by atoms with van der Waals surface area (Å²) in [5.41, 5.74) is 0.316. The van der Waals surface area contributed by atoms with Gasteiger partial charge in [0.2, 0.25) is 0 Å². The fourth-order valence-electron chi connectivity index (χ4n) is 3.31. The molecular formula is C23H26F3N3O5. The van der Waals surface area contributed by atoms with Crippen LogP contribution in [0.4, 0.5) is 24.5 Å². The number of methoxy groups -OCH3 is 1. The molecule has 184 valence electrons. The van der Waals surface area contributed by atoms with E-state index in [0.29, 0.717) is 55.7 Å². The zero-order chi connectivity index (χ0) is 24.6. The number of rotatable bonds is 9. The van der Waals surface area contributed by atoms with Crippen LogP contribution in [0.3, 0.4) is 0 Å². The van der Waals surface area contributed by atoms with E-state index in [2.05, 4.69) is 10.5 Å². The first-order valence-corrected chi connectivity index (χ1v) is 10.6. The Morgan fingerprint density at radius 2 is 1.94 bits per heavy atom. The molecule has 0 radical (unpaired) electrons. The second-order valence-electron chi connectivity index (χ2n) is 7.23. The molecule has 3 rings (SSSR count). The van der Waals surface area contributed by atoms with E-state index in [9.17, 15) is 18.0 Å². The van der Waals surface area contributed by atoms with E-state index in [1.54, 1.807) is 18.2 Å². The van der Waals surface area contributed by atoms with Gasteiger partial charge in [0, 0.05) is 18.7 Å². The van der Waals surface area contributed by atoms with Crippen LogP contribution in [0.2, 0.25) is 0 Å². The molecule has 0 bridgehead atoms. The van der Waals surface area contributed by atoms with Crippen molar-refractivity contribution >= 4 is 23.5 Å². The highest BCUT2D eigenvalue weighted by molar-refractivity contribution is 5.95. The summed E-state index contributed by atoms with van der Waals surface area (Å²) in [5, 5.41) is 6.26. The maximum atomic E-state index is 13.2. The Bertz CT molecular complexity index is 1010. The number of hydrogen-bond donors (Lipinski definition) is 1. The summed E-state index contributed by atoms with van der Waals surface area (Å²) in [5.74, 6) is 0.457. The maximum Gasteiger partial charge on any atom is 0.416 e. The van der Waals surface area contributed by atoms with Crippen LogP contribution in [0, 0.1) is 0 Å². The molecule has 1 N–H and O–H groups in total. The van der Waals surface area contributed by atoms with Gasteiger partial charge in [-0.3, -0.25) is 4.79 Å². The molecule has 1 amide bonds. The lowest BCUT2D eigenvalue weighted by atomic mass is 10.1. The van der Waals surface area contributed by atoms with Crippen molar-refractivity contribution in [3.63, 3.8) is 0 Å². The molecule has 2 aromatic rings. The number of hydrogen-bond acceptors (Lipinski definition) is 7. The molecule has 1 heterocycles. The van der Waals surface area contributed by atoms with Gasteiger partial charge in [-0.15, -0.1) is 0 Å². The van der Waals surface area contributed by atoms with E-state index < -0.39 is 24.3 Å². The number of ether oxygens (including phenoxy) is 3. The third-order valence-electron chi connectivity index (χ3n) is 4.91. The molecule has 1 fully saturated rings. The number of halogens is 3. The van der Waals surface area contributed by atoms with Crippen LogP contribution < -0.4 is 19.7 Å². The number of oxime groups is 1. The van der Waals surface area contributed by atoms with Crippen LogP contribution in [-0.4, -0.2) is 58.7 Å². The number of benzene rings is 2. The molecular weight excluding hydrogens is 455 g/mol. The number of carbonyl (C=O) groups is 1. The van der Waals surface area contributed by atoms with Gasteiger partial charge in [-0.1, -0.05) is 5.16 Å². The Morgan fingerprint density at radius 1 is 1.18 bits per heavy atom. The molecule has 1 aliphatic heterocycles. The van der Waals surface area contributed by atoms with Crippen molar-refractivity contribution in [2.45, 2.75) is 13.1 Å². The van der Waals surface area contributed by atoms with Crippen LogP contribution >= 0.6 is 0 Å². The monoisotopic (exact) mass is 481 g/mol. The van der Waals surface area contributed by atoms with Crippen LogP contribution in [0.1, 0.15) is 18.1 Å². The smallest absolute Gasteiger partial charge is 0.416 e. The summed E-state index contributed by atoms with van der Waals surface area (Å²) in [6, 6.07) is 8.40. The second-order valence-corrected chi connectivity index (χ2v) is 7.23. The molecule has 0 saturated carbocycles. The first-order valence-electron chi connectivity index (χ1n) is 10.6. The van der Waals surface area contributed by atoms with Crippen molar-refractivity contribution in [3.8, 4) is 11.5 Å². The molecule has 0 aromatic heterocycles. The minimum Gasteiger partial charge on any atom is -0.493 e. The average molecular weight is 481 g/mol. The van der Waals surface area contributed by atoms with Crippen molar-refractivity contribution in [3.05, 3.63) is 47.5 Å². The van der Waals surface area contributed by atoms with Gasteiger partial charge in [0.15, 0.2) is 18.1 Å². The van der Waals surface area contributed by atoms with Gasteiger partial charge in [0.05, 0.1) is 50.1 Å². The van der Waals surface area contributed by atoms with Crippen LogP contribution in [0.15, 0.2) is 41.6 Å². The van der Waals surface area contributed by atoms with Crippen molar-refractivity contribution < 1.29 is 37.0 Å². The van der Waals surface area contributed by atoms with Gasteiger partial charge in [-0.05, 0) is 43.3 Å². The lowest BCUT2D eigenvalue weighted by Crippen LogP contribution is -2.37. The quantitative estimate of drug-likeness (QED) is 0.432. The molecule has 0 atom stereocenters. The molecule has 0 unspecified atom stereocenters. The summed E-state index contributed by atoms with van der Waals surface area (Å²) < 4.78 is 55.6. The van der Waals surface area contributed by atoms with Gasteiger partial charge in [0.1, 0.15) is 0 Å². The van der Waals surface area contributed by atoms with E-state index in [0.717, 1.165) is 12.1 Å². The molecule has 8 nitrogen and oxygen atoms in total. The van der Waals surface area contributed by atoms with E-state index in [-0.39, 0.29) is 5.69 Å². The van der Waals surface area contributed by atoms with Gasteiger partial charge in [-0.2, -0.15) is 13.2 Å². The topological polar surface area (TPSA) is 81.6 Å². The Hall–Kier alpha value is -3.47. The molecule has 34 heavy (non-hydrogen) atoms. The van der Waals surface area contributed by atoms with Gasteiger partial charge in [-0.25, -0.2) is 0 Å². The summed E-state index contributed by atoms with van der Waals surface area (Å²) in [7, 11) is 1.51. The average Bonchev–Trinajstić information content (AvgIpc) is 2.82. The lowest BCUT2D eigenvalue weighted by Gasteiger charge is -2.31. The largest absolute Gasteiger partial charge is 0.493 e. The molecule has 1 saturated heterocycles. The van der Waals surface area contributed by atoms with E-state index in [4.69, 9.17) is 19.0 Å². The highest BCUT2D eigenvalue weighted by Crippen LogP contribution is 2.35. The van der Waals surface area contributed by atoms with Gasteiger partial charge in [0.25, 0.3) is 5.91 Å². The summed E-state index contributed by atoms with van der Waals surface area (Å²) in [4.78, 5) is 19.3. The summed E-state index contributed by atoms with van der Waals surface area (Å²) in [6.07, 6.45) is -3.16. The summed E-state index contributed by atoms with van der Waals surface area (Å²) in [6.45, 7) is 3.76.